The van der Waals surface area contributed by atoms with E-state index in [-0.39, 0.29) is 12.2 Å². The molecule has 0 fully saturated rings. The Morgan fingerprint density at radius 2 is 2.22 bits per heavy atom. The van der Waals surface area contributed by atoms with Gasteiger partial charge in [0.05, 0.1) is 5.52 Å². The van der Waals surface area contributed by atoms with E-state index < -0.39 is 12.0 Å². The fourth-order valence-electron chi connectivity index (χ4n) is 1.89. The van der Waals surface area contributed by atoms with Gasteiger partial charge in [-0.15, -0.1) is 0 Å². The Kier molecular flexibility index (Phi) is 3.03. The van der Waals surface area contributed by atoms with Crippen LogP contribution in [0.4, 0.5) is 0 Å². The van der Waals surface area contributed by atoms with Gasteiger partial charge in [0.15, 0.2) is 0 Å². The number of nitrogens with two attached hydrogens (primary N) is 1. The molecule has 94 valence electrons. The van der Waals surface area contributed by atoms with Gasteiger partial charge < -0.3 is 15.9 Å². The van der Waals surface area contributed by atoms with E-state index in [0.717, 1.165) is 0 Å². The lowest BCUT2D eigenvalue weighted by Crippen LogP contribution is -2.32. The second kappa shape index (κ2) is 4.50. The van der Waals surface area contributed by atoms with Crippen LogP contribution in [0.3, 0.4) is 0 Å². The van der Waals surface area contributed by atoms with Crippen LogP contribution in [0.1, 0.15) is 5.56 Å². The summed E-state index contributed by atoms with van der Waals surface area (Å²) in [6.45, 7) is 0. The van der Waals surface area contributed by atoms with Crippen molar-refractivity contribution in [1.82, 2.24) is 4.57 Å². The van der Waals surface area contributed by atoms with Crippen molar-refractivity contribution >= 4 is 23.3 Å². The van der Waals surface area contributed by atoms with Crippen LogP contribution in [0.25, 0.3) is 10.9 Å². The summed E-state index contributed by atoms with van der Waals surface area (Å²) >= 11 is 0. The first kappa shape index (κ1) is 12.1. The van der Waals surface area contributed by atoms with E-state index in [4.69, 9.17) is 10.8 Å². The van der Waals surface area contributed by atoms with Crippen LogP contribution in [0.15, 0.2) is 24.4 Å². The molecule has 1 heterocycles. The molecule has 18 heavy (non-hydrogen) atoms. The highest BCUT2D eigenvalue weighted by molar-refractivity contribution is 5.90. The lowest BCUT2D eigenvalue weighted by molar-refractivity contribution is -0.138. The maximum Gasteiger partial charge on any atom is 0.320 e. The van der Waals surface area contributed by atoms with Gasteiger partial charge in [0.1, 0.15) is 11.8 Å². The first-order chi connectivity index (χ1) is 8.52. The summed E-state index contributed by atoms with van der Waals surface area (Å²) in [7, 11) is 0. The largest absolute Gasteiger partial charge is 0.508 e. The van der Waals surface area contributed by atoms with E-state index >= 15 is 0 Å². The van der Waals surface area contributed by atoms with Crippen LogP contribution < -0.4 is 5.73 Å². The average molecular weight is 248 g/mol. The number of aliphatic carboxylic acids is 1. The van der Waals surface area contributed by atoms with Crippen LogP contribution in [0, 0.1) is 0 Å². The molecule has 0 radical (unpaired) electrons. The highest BCUT2D eigenvalue weighted by Gasteiger charge is 2.16. The van der Waals surface area contributed by atoms with Crippen molar-refractivity contribution in [1.29, 1.82) is 0 Å². The number of hydrogen-bond donors (Lipinski definition) is 3. The number of carboxylic acid groups (broad SMARTS) is 1. The molecule has 0 aliphatic rings. The van der Waals surface area contributed by atoms with E-state index in [1.807, 2.05) is 0 Å². The molecule has 2 aromatic rings. The summed E-state index contributed by atoms with van der Waals surface area (Å²) in [5, 5.41) is 18.8. The summed E-state index contributed by atoms with van der Waals surface area (Å²) in [5.74, 6) is -1.06. The van der Waals surface area contributed by atoms with E-state index in [1.165, 1.54) is 22.9 Å². The Balaban J connectivity index is 2.53. The van der Waals surface area contributed by atoms with Gasteiger partial charge in [0.2, 0.25) is 6.41 Å². The number of aromatic hydroxyl groups is 1. The zero-order chi connectivity index (χ0) is 13.3. The molecule has 1 atom stereocenters. The van der Waals surface area contributed by atoms with Crippen molar-refractivity contribution in [2.24, 2.45) is 5.73 Å². The minimum atomic E-state index is -1.11. The number of carbonyl (C=O) groups excluding carboxylic acids is 1. The van der Waals surface area contributed by atoms with Crippen molar-refractivity contribution in [3.8, 4) is 5.75 Å². The van der Waals surface area contributed by atoms with Crippen LogP contribution in [0.2, 0.25) is 0 Å². The number of nitrogens with zero attached hydrogens (tertiary/aromatic N) is 1. The Bertz CT molecular complexity index is 618. The van der Waals surface area contributed by atoms with Crippen molar-refractivity contribution in [2.75, 3.05) is 0 Å². The molecule has 6 nitrogen and oxygen atoms in total. The number of phenolic OH excluding ortho intramolecular Hbond substituents is 1. The molecule has 6 heteroatoms. The van der Waals surface area contributed by atoms with Gasteiger partial charge in [-0.3, -0.25) is 14.2 Å². The number of fused-ring (bicyclic) bond motifs is 1. The third-order valence-corrected chi connectivity index (χ3v) is 2.77. The molecule has 0 amide bonds. The lowest BCUT2D eigenvalue weighted by atomic mass is 10.1. The Hall–Kier alpha value is -2.34. The van der Waals surface area contributed by atoms with Crippen LogP contribution in [0.5, 0.6) is 5.75 Å². The SMILES string of the molecule is NC(Cc1cn(C=O)c2ccc(O)cc12)C(=O)O. The number of benzene rings is 1. The van der Waals surface area contributed by atoms with E-state index in [9.17, 15) is 14.7 Å². The van der Waals surface area contributed by atoms with E-state index in [0.29, 0.717) is 22.9 Å². The zero-order valence-electron chi connectivity index (χ0n) is 9.41. The second-order valence-electron chi connectivity index (χ2n) is 4.02. The topological polar surface area (TPSA) is 106 Å². The predicted molar refractivity (Wildman–Crippen MR) is 65.1 cm³/mol. The molecule has 1 aromatic heterocycles. The zero-order valence-corrected chi connectivity index (χ0v) is 9.41. The number of phenols is 1. The van der Waals surface area contributed by atoms with Crippen molar-refractivity contribution in [3.63, 3.8) is 0 Å². The van der Waals surface area contributed by atoms with Gasteiger partial charge in [-0.05, 0) is 23.8 Å². The Morgan fingerprint density at radius 3 is 2.83 bits per heavy atom. The molecular formula is C12H12N2O4. The molecule has 4 N–H and O–H groups in total. The average Bonchev–Trinajstić information content (AvgIpc) is 2.66. The lowest BCUT2D eigenvalue weighted by Gasteiger charge is -2.04. The van der Waals surface area contributed by atoms with Crippen LogP contribution in [-0.2, 0) is 16.0 Å². The molecule has 1 unspecified atom stereocenters. The molecule has 0 spiro atoms. The maximum absolute atomic E-state index is 10.9. The Labute approximate surface area is 102 Å². The van der Waals surface area contributed by atoms with Gasteiger partial charge in [0, 0.05) is 18.0 Å². The van der Waals surface area contributed by atoms with Gasteiger partial charge in [0.25, 0.3) is 0 Å². The van der Waals surface area contributed by atoms with Crippen molar-refractivity contribution < 1.29 is 19.8 Å². The third kappa shape index (κ3) is 2.05. The van der Waals surface area contributed by atoms with Gasteiger partial charge in [-0.25, -0.2) is 0 Å². The minimum Gasteiger partial charge on any atom is -0.508 e. The van der Waals surface area contributed by atoms with Gasteiger partial charge in [-0.2, -0.15) is 0 Å². The quantitative estimate of drug-likeness (QED) is 0.676. The Morgan fingerprint density at radius 1 is 1.50 bits per heavy atom. The second-order valence-corrected chi connectivity index (χ2v) is 4.02. The van der Waals surface area contributed by atoms with E-state index in [2.05, 4.69) is 0 Å². The summed E-state index contributed by atoms with van der Waals surface area (Å²) < 4.78 is 1.33. The monoisotopic (exact) mass is 248 g/mol. The number of hydrogen-bond acceptors (Lipinski definition) is 4. The predicted octanol–water partition coefficient (Wildman–Crippen LogP) is 0.340. The first-order valence-electron chi connectivity index (χ1n) is 5.29. The molecular weight excluding hydrogens is 236 g/mol. The highest BCUT2D eigenvalue weighted by atomic mass is 16.4. The number of carboxylic acids is 1. The summed E-state index contributed by atoms with van der Waals surface area (Å²) in [6.07, 6.45) is 2.24. The fourth-order valence-corrected chi connectivity index (χ4v) is 1.89. The first-order valence-corrected chi connectivity index (χ1v) is 5.29. The van der Waals surface area contributed by atoms with Gasteiger partial charge in [-0.1, -0.05) is 0 Å². The fraction of sp³-hybridized carbons (Fsp3) is 0.167. The molecule has 0 bridgehead atoms. The molecule has 1 aromatic carbocycles. The molecule has 0 aliphatic carbocycles. The molecule has 0 saturated carbocycles. The van der Waals surface area contributed by atoms with Gasteiger partial charge >= 0.3 is 5.97 Å². The summed E-state index contributed by atoms with van der Waals surface area (Å²) in [5.41, 5.74) is 6.69. The highest BCUT2D eigenvalue weighted by Crippen LogP contribution is 2.25. The van der Waals surface area contributed by atoms with Crippen molar-refractivity contribution in [2.45, 2.75) is 12.5 Å². The number of aromatic nitrogens is 1. The summed E-state index contributed by atoms with van der Waals surface area (Å²) in [4.78, 5) is 21.6. The molecule has 2 rings (SSSR count). The smallest absolute Gasteiger partial charge is 0.320 e. The van der Waals surface area contributed by atoms with Crippen molar-refractivity contribution in [3.05, 3.63) is 30.0 Å². The standard InChI is InChI=1S/C12H12N2O4/c13-10(12(17)18)3-7-5-14(6-15)11-2-1-8(16)4-9(7)11/h1-2,4-6,10,16H,3,13H2,(H,17,18). The molecule has 0 aliphatic heterocycles. The normalized spacial score (nSPS) is 12.5. The third-order valence-electron chi connectivity index (χ3n) is 2.77. The number of carbonyl (C=O) groups is 2. The van der Waals surface area contributed by atoms with Crippen LogP contribution in [-0.4, -0.2) is 33.2 Å². The number of rotatable bonds is 4. The summed E-state index contributed by atoms with van der Waals surface area (Å²) in [6, 6.07) is 3.50. The maximum atomic E-state index is 10.9. The minimum absolute atomic E-state index is 0.0521. The molecule has 0 saturated heterocycles. The van der Waals surface area contributed by atoms with E-state index in [1.54, 1.807) is 6.07 Å². The van der Waals surface area contributed by atoms with Crippen LogP contribution >= 0.6 is 0 Å².